The summed E-state index contributed by atoms with van der Waals surface area (Å²) in [7, 11) is 1.48. The van der Waals surface area contributed by atoms with Gasteiger partial charge in [0.2, 0.25) is 0 Å². The number of oxime groups is 1. The van der Waals surface area contributed by atoms with Crippen LogP contribution in [-0.4, -0.2) is 53.8 Å². The molecule has 1 amide bonds. The lowest BCUT2D eigenvalue weighted by atomic mass is 10.1. The van der Waals surface area contributed by atoms with Crippen molar-refractivity contribution in [2.75, 3.05) is 20.3 Å². The molecule has 1 atom stereocenters. The van der Waals surface area contributed by atoms with Gasteiger partial charge >= 0.3 is 5.97 Å². The van der Waals surface area contributed by atoms with E-state index in [1.54, 1.807) is 0 Å². The van der Waals surface area contributed by atoms with E-state index in [0.29, 0.717) is 5.57 Å². The summed E-state index contributed by atoms with van der Waals surface area (Å²) >= 11 is 2.90. The van der Waals surface area contributed by atoms with Gasteiger partial charge in [0.15, 0.2) is 6.61 Å². The van der Waals surface area contributed by atoms with Gasteiger partial charge in [-0.2, -0.15) is 0 Å². The Bertz CT molecular complexity index is 706. The first-order valence-electron chi connectivity index (χ1n) is 7.40. The van der Waals surface area contributed by atoms with E-state index in [9.17, 15) is 19.8 Å². The van der Waals surface area contributed by atoms with Crippen LogP contribution in [0, 0.1) is 0 Å². The first-order valence-corrected chi connectivity index (χ1v) is 9.10. The normalized spacial score (nSPS) is 18.6. The topological polar surface area (TPSA) is 108 Å². The van der Waals surface area contributed by atoms with E-state index in [2.05, 4.69) is 10.5 Å². The average Bonchev–Trinajstić information content (AvgIpc) is 2.62. The van der Waals surface area contributed by atoms with Crippen LogP contribution in [0.5, 0.6) is 0 Å². The minimum Gasteiger partial charge on any atom is -0.481 e. The van der Waals surface area contributed by atoms with Crippen LogP contribution in [0.15, 0.2) is 49.7 Å². The van der Waals surface area contributed by atoms with Crippen LogP contribution in [-0.2, 0) is 14.4 Å². The predicted molar refractivity (Wildman–Crippen MR) is 96.8 cm³/mol. The summed E-state index contributed by atoms with van der Waals surface area (Å²) in [6, 6.07) is 7.73. The molecular formula is C16H18N2O5S2. The number of likely N-dealkylation sites (N-methyl/N-ethyl adjacent to an activating group) is 1. The molecule has 1 unspecified atom stereocenters. The van der Waals surface area contributed by atoms with Gasteiger partial charge in [0.1, 0.15) is 0 Å². The van der Waals surface area contributed by atoms with Gasteiger partial charge in [-0.05, 0) is 17.7 Å². The highest BCUT2D eigenvalue weighted by molar-refractivity contribution is 8.08. The number of aliphatic carboxylic acids is 1. The second-order valence-corrected chi connectivity index (χ2v) is 7.31. The molecule has 0 spiro atoms. The van der Waals surface area contributed by atoms with Crippen molar-refractivity contribution in [2.45, 2.75) is 21.5 Å². The van der Waals surface area contributed by atoms with Crippen molar-refractivity contribution in [1.29, 1.82) is 0 Å². The molecule has 1 heterocycles. The molecule has 9 heteroatoms. The smallest absolute Gasteiger partial charge is 0.307 e. The largest absolute Gasteiger partial charge is 0.481 e. The highest BCUT2D eigenvalue weighted by Gasteiger charge is 2.27. The van der Waals surface area contributed by atoms with Crippen molar-refractivity contribution in [2.24, 2.45) is 5.16 Å². The molecule has 0 saturated carbocycles. The molecule has 1 aliphatic heterocycles. The molecule has 3 N–H and O–H groups in total. The molecular weight excluding hydrogens is 364 g/mol. The Kier molecular flexibility index (Phi) is 7.35. The third kappa shape index (κ3) is 5.52. The molecule has 0 bridgehead atoms. The number of carboxylic acids is 1. The summed E-state index contributed by atoms with van der Waals surface area (Å²) in [5.74, 6) is -1.35. The summed E-state index contributed by atoms with van der Waals surface area (Å²) in [4.78, 5) is 30.0. The summed E-state index contributed by atoms with van der Waals surface area (Å²) in [5.41, 5.74) is 0.440. The molecule has 134 valence electrons. The van der Waals surface area contributed by atoms with E-state index < -0.39 is 5.97 Å². The van der Waals surface area contributed by atoms with Crippen molar-refractivity contribution in [3.05, 3.63) is 34.7 Å². The molecule has 1 aliphatic rings. The zero-order valence-electron chi connectivity index (χ0n) is 13.5. The van der Waals surface area contributed by atoms with Crippen molar-refractivity contribution < 1.29 is 24.6 Å². The maximum Gasteiger partial charge on any atom is 0.307 e. The molecule has 0 aliphatic carbocycles. The van der Waals surface area contributed by atoms with Crippen LogP contribution in [0.25, 0.3) is 0 Å². The fourth-order valence-electron chi connectivity index (χ4n) is 2.04. The molecule has 0 saturated heterocycles. The third-order valence-electron chi connectivity index (χ3n) is 3.21. The highest BCUT2D eigenvalue weighted by Crippen LogP contribution is 2.48. The summed E-state index contributed by atoms with van der Waals surface area (Å²) in [5, 5.41) is 24.7. The Hall–Kier alpha value is -1.97. The summed E-state index contributed by atoms with van der Waals surface area (Å²) in [6.45, 7) is -0.381. The fourth-order valence-corrected chi connectivity index (χ4v) is 4.60. The van der Waals surface area contributed by atoms with Gasteiger partial charge in [0.25, 0.3) is 5.91 Å². The van der Waals surface area contributed by atoms with Crippen molar-refractivity contribution in [3.63, 3.8) is 0 Å². The van der Waals surface area contributed by atoms with Gasteiger partial charge in [-0.15, -0.1) is 11.8 Å². The lowest BCUT2D eigenvalue weighted by molar-refractivity contribution is -0.136. The van der Waals surface area contributed by atoms with Gasteiger partial charge in [-0.25, -0.2) is 0 Å². The highest BCUT2D eigenvalue weighted by atomic mass is 32.2. The first kappa shape index (κ1) is 19.4. The number of amides is 1. The van der Waals surface area contributed by atoms with Gasteiger partial charge in [-0.3, -0.25) is 9.59 Å². The lowest BCUT2D eigenvalue weighted by Crippen LogP contribution is -2.22. The van der Waals surface area contributed by atoms with Gasteiger partial charge in [0.05, 0.1) is 24.5 Å². The molecule has 1 aromatic carbocycles. The Balaban J connectivity index is 2.27. The summed E-state index contributed by atoms with van der Waals surface area (Å²) in [6.07, 6.45) is 1.05. The average molecular weight is 382 g/mol. The SMILES string of the molecule is CNC(=O)CO/N=C/C(CC(=O)O)=C1\Sc2ccccc2SC1CO. The van der Waals surface area contributed by atoms with E-state index >= 15 is 0 Å². The number of carbonyl (C=O) groups excluding carboxylic acids is 1. The predicted octanol–water partition coefficient (Wildman–Crippen LogP) is 1.72. The molecule has 25 heavy (non-hydrogen) atoms. The number of aliphatic hydroxyl groups excluding tert-OH is 1. The Labute approximate surface area is 153 Å². The number of nitrogens with one attached hydrogen (secondary N) is 1. The number of fused-ring (bicyclic) bond motifs is 1. The number of thioether (sulfide) groups is 2. The van der Waals surface area contributed by atoms with E-state index in [1.165, 1.54) is 36.8 Å². The number of carboxylic acid groups (broad SMARTS) is 1. The number of nitrogens with zero attached hydrogens (tertiary/aromatic N) is 1. The standard InChI is InChI=1S/C16H18N2O5S2/c1-17-14(20)9-23-18-7-10(6-15(21)22)16-13(8-19)24-11-4-2-3-5-12(11)25-16/h2-5,7,13,19H,6,8-9H2,1H3,(H,17,20)(H,21,22)/b16-10-,18-7+. The molecule has 0 radical (unpaired) electrons. The number of carbonyl (C=O) groups is 2. The number of hydrogen-bond acceptors (Lipinski definition) is 7. The van der Waals surface area contributed by atoms with E-state index in [4.69, 9.17) is 4.84 Å². The van der Waals surface area contributed by atoms with Crippen molar-refractivity contribution in [3.8, 4) is 0 Å². The fraction of sp³-hybridized carbons (Fsp3) is 0.312. The van der Waals surface area contributed by atoms with Gasteiger partial charge < -0.3 is 20.4 Å². The van der Waals surface area contributed by atoms with Crippen LogP contribution >= 0.6 is 23.5 Å². The Morgan fingerprint density at radius 1 is 1.36 bits per heavy atom. The maximum absolute atomic E-state index is 11.2. The van der Waals surface area contributed by atoms with E-state index in [-0.39, 0.29) is 30.8 Å². The molecule has 0 aromatic heterocycles. The van der Waals surface area contributed by atoms with Gasteiger partial charge in [-0.1, -0.05) is 29.1 Å². The van der Waals surface area contributed by atoms with Crippen LogP contribution in [0.3, 0.4) is 0 Å². The second kappa shape index (κ2) is 9.50. The lowest BCUT2D eigenvalue weighted by Gasteiger charge is -2.26. The monoisotopic (exact) mass is 382 g/mol. The number of aliphatic hydroxyl groups is 1. The van der Waals surface area contributed by atoms with Crippen LogP contribution in [0.1, 0.15) is 6.42 Å². The number of benzene rings is 1. The number of rotatable bonds is 7. The van der Waals surface area contributed by atoms with E-state index in [0.717, 1.165) is 14.7 Å². The molecule has 1 aromatic rings. The van der Waals surface area contributed by atoms with Crippen LogP contribution < -0.4 is 5.32 Å². The minimum atomic E-state index is -1.01. The number of hydrogen-bond donors (Lipinski definition) is 3. The van der Waals surface area contributed by atoms with Crippen LogP contribution in [0.4, 0.5) is 0 Å². The first-order chi connectivity index (χ1) is 12.0. The van der Waals surface area contributed by atoms with Crippen molar-refractivity contribution >= 4 is 41.6 Å². The minimum absolute atomic E-state index is 0.128. The van der Waals surface area contributed by atoms with E-state index in [1.807, 2.05) is 24.3 Å². The Morgan fingerprint density at radius 3 is 2.72 bits per heavy atom. The molecule has 7 nitrogen and oxygen atoms in total. The zero-order valence-corrected chi connectivity index (χ0v) is 15.1. The molecule has 2 rings (SSSR count). The van der Waals surface area contributed by atoms with Crippen molar-refractivity contribution in [1.82, 2.24) is 5.32 Å². The second-order valence-electron chi connectivity index (χ2n) is 4.98. The Morgan fingerprint density at radius 2 is 2.08 bits per heavy atom. The maximum atomic E-state index is 11.2. The third-order valence-corrected chi connectivity index (χ3v) is 6.11. The quantitative estimate of drug-likeness (QED) is 0.487. The van der Waals surface area contributed by atoms with Gasteiger partial charge in [0, 0.05) is 21.7 Å². The molecule has 0 fully saturated rings. The summed E-state index contributed by atoms with van der Waals surface area (Å²) < 4.78 is 0. The zero-order chi connectivity index (χ0) is 18.2. The van der Waals surface area contributed by atoms with Crippen LogP contribution in [0.2, 0.25) is 0 Å².